The molecule has 0 saturated carbocycles. The Morgan fingerprint density at radius 2 is 1.22 bits per heavy atom. The summed E-state index contributed by atoms with van der Waals surface area (Å²) >= 11 is 0. The molecular weight excluding hydrogens is 300 g/mol. The molecule has 6 nitrogen and oxygen atoms in total. The van der Waals surface area contributed by atoms with Crippen molar-refractivity contribution in [3.05, 3.63) is 70.8 Å². The summed E-state index contributed by atoms with van der Waals surface area (Å²) in [4.78, 5) is 44.8. The first kappa shape index (κ1) is 16.1. The van der Waals surface area contributed by atoms with E-state index in [0.717, 1.165) is 0 Å². The molecule has 0 N–H and O–H groups in total. The van der Waals surface area contributed by atoms with E-state index in [4.69, 9.17) is 9.47 Å². The zero-order valence-electron chi connectivity index (χ0n) is 11.9. The number of aldehydes is 2. The summed E-state index contributed by atoms with van der Waals surface area (Å²) in [5.74, 6) is -1.44. The van der Waals surface area contributed by atoms with Crippen LogP contribution in [-0.2, 0) is 9.47 Å². The monoisotopic (exact) mass is 312 g/mol. The highest BCUT2D eigenvalue weighted by atomic mass is 16.7. The maximum atomic E-state index is 11.8. The summed E-state index contributed by atoms with van der Waals surface area (Å²) in [7, 11) is 0. The molecule has 0 aliphatic rings. The van der Waals surface area contributed by atoms with Crippen molar-refractivity contribution in [2.75, 3.05) is 6.79 Å². The predicted octanol–water partition coefficient (Wildman–Crippen LogP) is 2.28. The summed E-state index contributed by atoms with van der Waals surface area (Å²) in [6.45, 7) is -0.575. The van der Waals surface area contributed by atoms with E-state index >= 15 is 0 Å². The molecular formula is C17H12O6. The van der Waals surface area contributed by atoms with Gasteiger partial charge >= 0.3 is 11.9 Å². The molecule has 0 heterocycles. The van der Waals surface area contributed by atoms with Crippen LogP contribution in [0.2, 0.25) is 0 Å². The second-order valence-corrected chi connectivity index (χ2v) is 4.47. The number of carbonyl (C=O) groups is 4. The van der Waals surface area contributed by atoms with Crippen molar-refractivity contribution in [2.45, 2.75) is 0 Å². The fourth-order valence-electron chi connectivity index (χ4n) is 1.78. The van der Waals surface area contributed by atoms with E-state index in [2.05, 4.69) is 0 Å². The number of benzene rings is 2. The summed E-state index contributed by atoms with van der Waals surface area (Å²) in [6.07, 6.45) is 1.22. The summed E-state index contributed by atoms with van der Waals surface area (Å²) in [5, 5.41) is 0. The zero-order chi connectivity index (χ0) is 16.7. The van der Waals surface area contributed by atoms with Gasteiger partial charge < -0.3 is 9.47 Å². The van der Waals surface area contributed by atoms with Crippen LogP contribution in [0.1, 0.15) is 41.4 Å². The lowest BCUT2D eigenvalue weighted by atomic mass is 10.1. The number of esters is 2. The van der Waals surface area contributed by atoms with Crippen molar-refractivity contribution in [3.8, 4) is 0 Å². The molecule has 6 heteroatoms. The fraction of sp³-hybridized carbons (Fsp3) is 0.0588. The van der Waals surface area contributed by atoms with Crippen LogP contribution in [0.4, 0.5) is 0 Å². The Hall–Kier alpha value is -3.28. The largest absolute Gasteiger partial charge is 0.424 e. The van der Waals surface area contributed by atoms with Crippen LogP contribution in [0.25, 0.3) is 0 Å². The van der Waals surface area contributed by atoms with E-state index in [1.165, 1.54) is 36.4 Å². The van der Waals surface area contributed by atoms with Crippen LogP contribution >= 0.6 is 0 Å². The van der Waals surface area contributed by atoms with Gasteiger partial charge in [0, 0.05) is 11.1 Å². The summed E-state index contributed by atoms with van der Waals surface area (Å²) in [5.41, 5.74) is 1.02. The Morgan fingerprint density at radius 3 is 1.61 bits per heavy atom. The maximum absolute atomic E-state index is 11.8. The lowest BCUT2D eigenvalue weighted by molar-refractivity contribution is -0.0167. The van der Waals surface area contributed by atoms with Gasteiger partial charge in [-0.3, -0.25) is 9.59 Å². The van der Waals surface area contributed by atoms with Gasteiger partial charge in [-0.05, 0) is 24.3 Å². The Morgan fingerprint density at radius 1 is 0.783 bits per heavy atom. The molecule has 0 radical (unpaired) electrons. The molecule has 116 valence electrons. The smallest absolute Gasteiger partial charge is 0.341 e. The van der Waals surface area contributed by atoms with Gasteiger partial charge in [0.05, 0.1) is 11.1 Å². The molecule has 0 fully saturated rings. The summed E-state index contributed by atoms with van der Waals surface area (Å²) in [6, 6.07) is 11.9. The first-order chi connectivity index (χ1) is 11.1. The van der Waals surface area contributed by atoms with E-state index in [-0.39, 0.29) is 11.1 Å². The average Bonchev–Trinajstić information content (AvgIpc) is 2.61. The van der Waals surface area contributed by atoms with Gasteiger partial charge in [-0.2, -0.15) is 0 Å². The minimum Gasteiger partial charge on any atom is -0.424 e. The molecule has 0 amide bonds. The highest BCUT2D eigenvalue weighted by molar-refractivity contribution is 5.93. The molecule has 0 aromatic heterocycles. The van der Waals surface area contributed by atoms with Crippen LogP contribution in [0.15, 0.2) is 48.5 Å². The Labute approximate surface area is 131 Å². The van der Waals surface area contributed by atoms with Gasteiger partial charge in [-0.15, -0.1) is 0 Å². The molecule has 0 aliphatic heterocycles. The van der Waals surface area contributed by atoms with E-state index < -0.39 is 18.7 Å². The van der Waals surface area contributed by atoms with Crippen LogP contribution in [0.5, 0.6) is 0 Å². The number of rotatable bonds is 6. The first-order valence-electron chi connectivity index (χ1n) is 6.59. The van der Waals surface area contributed by atoms with Gasteiger partial charge in [0.1, 0.15) is 12.6 Å². The van der Waals surface area contributed by atoms with E-state index in [9.17, 15) is 19.2 Å². The topological polar surface area (TPSA) is 86.7 Å². The van der Waals surface area contributed by atoms with Gasteiger partial charge in [0.2, 0.25) is 6.79 Å². The number of hydrogen-bond donors (Lipinski definition) is 0. The third-order valence-corrected chi connectivity index (χ3v) is 2.90. The maximum Gasteiger partial charge on any atom is 0.341 e. The molecule has 2 rings (SSSR count). The normalized spacial score (nSPS) is 9.74. The molecule has 2 aromatic carbocycles. The molecule has 2 aromatic rings. The first-order valence-corrected chi connectivity index (χ1v) is 6.59. The standard InChI is InChI=1S/C17H12O6/c18-9-12-3-1-5-14(7-12)16(20)22-11-23-17(21)15-6-2-4-13(8-15)10-19/h1-10H,11H2. The second-order valence-electron chi connectivity index (χ2n) is 4.47. The van der Waals surface area contributed by atoms with Crippen molar-refractivity contribution < 1.29 is 28.7 Å². The van der Waals surface area contributed by atoms with Crippen molar-refractivity contribution in [2.24, 2.45) is 0 Å². The molecule has 23 heavy (non-hydrogen) atoms. The molecule has 0 aliphatic carbocycles. The van der Waals surface area contributed by atoms with Crippen LogP contribution in [-0.4, -0.2) is 31.3 Å². The van der Waals surface area contributed by atoms with E-state index in [0.29, 0.717) is 23.7 Å². The number of carbonyl (C=O) groups excluding carboxylic acids is 4. The Bertz CT molecular complexity index is 687. The van der Waals surface area contributed by atoms with Crippen LogP contribution in [0.3, 0.4) is 0 Å². The zero-order valence-corrected chi connectivity index (χ0v) is 11.9. The predicted molar refractivity (Wildman–Crippen MR) is 79.4 cm³/mol. The second kappa shape index (κ2) is 7.65. The molecule has 0 spiro atoms. The fourth-order valence-corrected chi connectivity index (χ4v) is 1.78. The van der Waals surface area contributed by atoms with Crippen LogP contribution in [0, 0.1) is 0 Å². The van der Waals surface area contributed by atoms with Crippen molar-refractivity contribution in [1.82, 2.24) is 0 Å². The number of hydrogen-bond acceptors (Lipinski definition) is 6. The average molecular weight is 312 g/mol. The minimum atomic E-state index is -0.719. The van der Waals surface area contributed by atoms with Gasteiger partial charge in [0.25, 0.3) is 0 Å². The van der Waals surface area contributed by atoms with Gasteiger partial charge in [-0.1, -0.05) is 24.3 Å². The van der Waals surface area contributed by atoms with Crippen molar-refractivity contribution in [3.63, 3.8) is 0 Å². The number of ether oxygens (including phenoxy) is 2. The molecule has 0 saturated heterocycles. The summed E-state index contributed by atoms with van der Waals surface area (Å²) < 4.78 is 9.62. The Kier molecular flexibility index (Phi) is 5.35. The third-order valence-electron chi connectivity index (χ3n) is 2.90. The highest BCUT2D eigenvalue weighted by Gasteiger charge is 2.11. The van der Waals surface area contributed by atoms with Crippen LogP contribution < -0.4 is 0 Å². The third kappa shape index (κ3) is 4.34. The van der Waals surface area contributed by atoms with E-state index in [1.807, 2.05) is 0 Å². The SMILES string of the molecule is O=Cc1cccc(C(=O)OCOC(=O)c2cccc(C=O)c2)c1. The lowest BCUT2D eigenvalue weighted by Crippen LogP contribution is -2.13. The molecule has 0 bridgehead atoms. The quantitative estimate of drug-likeness (QED) is 0.462. The van der Waals surface area contributed by atoms with Gasteiger partial charge in [0.15, 0.2) is 0 Å². The molecule has 0 unspecified atom stereocenters. The van der Waals surface area contributed by atoms with E-state index in [1.54, 1.807) is 12.1 Å². The van der Waals surface area contributed by atoms with Crippen molar-refractivity contribution >= 4 is 24.5 Å². The minimum absolute atomic E-state index is 0.175. The lowest BCUT2D eigenvalue weighted by Gasteiger charge is -2.07. The molecule has 0 atom stereocenters. The van der Waals surface area contributed by atoms with Crippen molar-refractivity contribution in [1.29, 1.82) is 0 Å². The highest BCUT2D eigenvalue weighted by Crippen LogP contribution is 2.07. The van der Waals surface area contributed by atoms with Gasteiger partial charge in [-0.25, -0.2) is 9.59 Å². The Balaban J connectivity index is 1.90.